The number of benzene rings is 10. The molecule has 0 radical (unpaired) electrons. The third kappa shape index (κ3) is 5.67. The van der Waals surface area contributed by atoms with Gasteiger partial charge in [0.05, 0.1) is 16.7 Å². The average molecular weight is 805 g/mol. The number of aromatic nitrogens is 4. The van der Waals surface area contributed by atoms with Crippen LogP contribution in [0.5, 0.6) is 5.75 Å². The van der Waals surface area contributed by atoms with Gasteiger partial charge in [-0.05, 0) is 74.0 Å². The van der Waals surface area contributed by atoms with Crippen molar-refractivity contribution in [2.45, 2.75) is 6.61 Å². The molecule has 10 aromatic carbocycles. The van der Waals surface area contributed by atoms with E-state index in [1.54, 1.807) is 0 Å². The van der Waals surface area contributed by atoms with Crippen molar-refractivity contribution in [1.82, 2.24) is 19.5 Å². The first-order valence-corrected chi connectivity index (χ1v) is 21.4. The zero-order valence-corrected chi connectivity index (χ0v) is 34.0. The van der Waals surface area contributed by atoms with Crippen molar-refractivity contribution in [3.8, 4) is 67.9 Å². The van der Waals surface area contributed by atoms with Crippen LogP contribution in [-0.2, 0) is 6.61 Å². The lowest BCUT2D eigenvalue weighted by atomic mass is 9.90. The van der Waals surface area contributed by atoms with Gasteiger partial charge in [-0.3, -0.25) is 0 Å². The van der Waals surface area contributed by atoms with Crippen LogP contribution in [0, 0.1) is 0 Å². The SMILES string of the molecule is c1ccc(-c2ccc(-c3nc(-c4ccc5c(c4-n4c6ccccc6c6cc7ccccc7cc64)-c4ccc6ccccc6c4OC5)nc(-c4cccc5ccccc45)n3)cc2)cc1. The fraction of sp³-hybridized carbons (Fsp3) is 0.0172. The van der Waals surface area contributed by atoms with E-state index in [1.807, 2.05) is 6.07 Å². The predicted octanol–water partition coefficient (Wildman–Crippen LogP) is 14.7. The van der Waals surface area contributed by atoms with E-state index in [9.17, 15) is 0 Å². The molecule has 5 nitrogen and oxygen atoms in total. The van der Waals surface area contributed by atoms with Crippen molar-refractivity contribution in [1.29, 1.82) is 0 Å². The van der Waals surface area contributed by atoms with Gasteiger partial charge in [-0.2, -0.15) is 0 Å². The van der Waals surface area contributed by atoms with E-state index in [0.29, 0.717) is 24.1 Å². The highest BCUT2D eigenvalue weighted by molar-refractivity contribution is 6.15. The summed E-state index contributed by atoms with van der Waals surface area (Å²) < 4.78 is 9.15. The molecule has 5 heteroatoms. The number of nitrogens with zero attached hydrogens (tertiary/aromatic N) is 4. The minimum Gasteiger partial charge on any atom is -0.488 e. The highest BCUT2D eigenvalue weighted by Gasteiger charge is 2.29. The van der Waals surface area contributed by atoms with Gasteiger partial charge in [0, 0.05) is 44.0 Å². The molecule has 13 rings (SSSR count). The van der Waals surface area contributed by atoms with Gasteiger partial charge in [-0.1, -0.05) is 176 Å². The van der Waals surface area contributed by atoms with Gasteiger partial charge in [0.1, 0.15) is 12.4 Å². The maximum absolute atomic E-state index is 6.70. The summed E-state index contributed by atoms with van der Waals surface area (Å²) in [6, 6.07) is 73.1. The maximum atomic E-state index is 6.70. The molecule has 12 aromatic rings. The summed E-state index contributed by atoms with van der Waals surface area (Å²) in [7, 11) is 0. The van der Waals surface area contributed by atoms with Gasteiger partial charge in [0.2, 0.25) is 0 Å². The first kappa shape index (κ1) is 35.4. The molecule has 2 aromatic heterocycles. The van der Waals surface area contributed by atoms with Crippen molar-refractivity contribution in [2.24, 2.45) is 0 Å². The average Bonchev–Trinajstić information content (AvgIpc) is 3.67. The molecule has 0 aliphatic carbocycles. The Kier molecular flexibility index (Phi) is 7.90. The molecule has 0 atom stereocenters. The van der Waals surface area contributed by atoms with Crippen LogP contribution in [0.3, 0.4) is 0 Å². The summed E-state index contributed by atoms with van der Waals surface area (Å²) in [6.45, 7) is 0.432. The van der Waals surface area contributed by atoms with Crippen LogP contribution in [0.15, 0.2) is 206 Å². The fourth-order valence-electron chi connectivity index (χ4n) is 9.72. The van der Waals surface area contributed by atoms with Crippen LogP contribution < -0.4 is 4.74 Å². The van der Waals surface area contributed by atoms with E-state index < -0.39 is 0 Å². The molecule has 0 saturated heterocycles. The molecule has 0 unspecified atom stereocenters. The van der Waals surface area contributed by atoms with E-state index in [-0.39, 0.29) is 0 Å². The van der Waals surface area contributed by atoms with Crippen molar-refractivity contribution >= 4 is 54.1 Å². The maximum Gasteiger partial charge on any atom is 0.166 e. The van der Waals surface area contributed by atoms with Crippen LogP contribution >= 0.6 is 0 Å². The molecule has 0 spiro atoms. The molecule has 3 heterocycles. The molecule has 0 saturated carbocycles. The standard InChI is InChI=1S/C58H36N4O/c1-2-13-36(14-3-1)37-25-27-40(28-26-37)56-59-57(47-23-12-19-38-15-6-8-20-44(38)47)61-58(60-56)49-32-30-43-35-63-55-45-21-9-7-16-39(45)29-31-48(55)53(43)54(49)62-51-24-11-10-22-46(51)50-33-41-17-4-5-18-42(41)34-52(50)62/h1-34H,35H2. The number of rotatable bonds is 5. The first-order valence-electron chi connectivity index (χ1n) is 21.4. The van der Waals surface area contributed by atoms with Gasteiger partial charge in [0.15, 0.2) is 17.5 Å². The van der Waals surface area contributed by atoms with Crippen LogP contribution in [-0.4, -0.2) is 19.5 Å². The summed E-state index contributed by atoms with van der Waals surface area (Å²) in [5.74, 6) is 2.70. The molecule has 0 fully saturated rings. The minimum absolute atomic E-state index is 0.432. The van der Waals surface area contributed by atoms with E-state index in [2.05, 4.69) is 205 Å². The van der Waals surface area contributed by atoms with Crippen molar-refractivity contribution in [2.75, 3.05) is 0 Å². The topological polar surface area (TPSA) is 52.8 Å². The largest absolute Gasteiger partial charge is 0.488 e. The molecular weight excluding hydrogens is 769 g/mol. The number of fused-ring (bicyclic) bond motifs is 10. The number of ether oxygens (including phenoxy) is 1. The van der Waals surface area contributed by atoms with Crippen LogP contribution in [0.4, 0.5) is 0 Å². The summed E-state index contributed by atoms with van der Waals surface area (Å²) in [4.78, 5) is 16.2. The monoisotopic (exact) mass is 804 g/mol. The second-order valence-electron chi connectivity index (χ2n) is 16.3. The second kappa shape index (κ2) is 14.1. The Morgan fingerprint density at radius 2 is 0.952 bits per heavy atom. The van der Waals surface area contributed by atoms with Gasteiger partial charge in [0.25, 0.3) is 0 Å². The minimum atomic E-state index is 0.432. The zero-order chi connectivity index (χ0) is 41.4. The Balaban J connectivity index is 1.14. The van der Waals surface area contributed by atoms with Gasteiger partial charge in [-0.25, -0.2) is 15.0 Å². The predicted molar refractivity (Wildman–Crippen MR) is 258 cm³/mol. The van der Waals surface area contributed by atoms with Crippen LogP contribution in [0.2, 0.25) is 0 Å². The quantitative estimate of drug-likeness (QED) is 0.174. The Hall–Kier alpha value is -8.41. The van der Waals surface area contributed by atoms with E-state index in [0.717, 1.165) is 88.5 Å². The van der Waals surface area contributed by atoms with E-state index in [4.69, 9.17) is 19.7 Å². The highest BCUT2D eigenvalue weighted by Crippen LogP contribution is 2.49. The third-order valence-corrected chi connectivity index (χ3v) is 12.7. The number of hydrogen-bond donors (Lipinski definition) is 0. The Morgan fingerprint density at radius 3 is 1.76 bits per heavy atom. The zero-order valence-electron chi connectivity index (χ0n) is 34.0. The smallest absolute Gasteiger partial charge is 0.166 e. The Labute approximate surface area is 363 Å². The molecule has 0 bridgehead atoms. The van der Waals surface area contributed by atoms with Crippen molar-refractivity contribution in [3.05, 3.63) is 212 Å². The molecule has 1 aliphatic rings. The number of para-hydroxylation sites is 1. The van der Waals surface area contributed by atoms with Gasteiger partial charge in [-0.15, -0.1) is 0 Å². The van der Waals surface area contributed by atoms with Crippen molar-refractivity contribution in [3.63, 3.8) is 0 Å². The van der Waals surface area contributed by atoms with Gasteiger partial charge < -0.3 is 9.30 Å². The van der Waals surface area contributed by atoms with Crippen molar-refractivity contribution < 1.29 is 4.74 Å². The molecule has 0 N–H and O–H groups in total. The number of hydrogen-bond acceptors (Lipinski definition) is 4. The molecule has 1 aliphatic heterocycles. The van der Waals surface area contributed by atoms with E-state index >= 15 is 0 Å². The van der Waals surface area contributed by atoms with Crippen LogP contribution in [0.1, 0.15) is 5.56 Å². The Bertz CT molecular complexity index is 3790. The lowest BCUT2D eigenvalue weighted by Crippen LogP contribution is -2.12. The van der Waals surface area contributed by atoms with E-state index in [1.165, 1.54) is 21.5 Å². The summed E-state index contributed by atoms with van der Waals surface area (Å²) >= 11 is 0. The molecule has 63 heavy (non-hydrogen) atoms. The lowest BCUT2D eigenvalue weighted by molar-refractivity contribution is 0.306. The highest BCUT2D eigenvalue weighted by atomic mass is 16.5. The van der Waals surface area contributed by atoms with Gasteiger partial charge >= 0.3 is 0 Å². The first-order chi connectivity index (χ1) is 31.2. The normalized spacial score (nSPS) is 12.2. The Morgan fingerprint density at radius 1 is 0.365 bits per heavy atom. The fourth-order valence-corrected chi connectivity index (χ4v) is 9.72. The summed E-state index contributed by atoms with van der Waals surface area (Å²) in [5.41, 5.74) is 11.5. The molecule has 294 valence electrons. The second-order valence-corrected chi connectivity index (χ2v) is 16.3. The molecule has 0 amide bonds. The summed E-state index contributed by atoms with van der Waals surface area (Å²) in [6.07, 6.45) is 0. The lowest BCUT2D eigenvalue weighted by Gasteiger charge is -2.27. The summed E-state index contributed by atoms with van der Waals surface area (Å²) in [5, 5.41) is 9.18. The molecular formula is C58H36N4O. The third-order valence-electron chi connectivity index (χ3n) is 12.7. The van der Waals surface area contributed by atoms with Crippen LogP contribution in [0.25, 0.3) is 116 Å².